The van der Waals surface area contributed by atoms with Crippen molar-refractivity contribution in [1.82, 2.24) is 5.32 Å². The van der Waals surface area contributed by atoms with Crippen LogP contribution in [0.2, 0.25) is 0 Å². The van der Waals surface area contributed by atoms with Crippen LogP contribution in [0.5, 0.6) is 5.75 Å². The smallest absolute Gasteiger partial charge is 0.124 e. The van der Waals surface area contributed by atoms with E-state index in [4.69, 9.17) is 10.5 Å². The first-order chi connectivity index (χ1) is 8.33. The Morgan fingerprint density at radius 1 is 1.29 bits per heavy atom. The number of ether oxygens (including phenoxy) is 1. The molecule has 3 nitrogen and oxygen atoms in total. The molecular formula is C14H20N2O. The van der Waals surface area contributed by atoms with Crippen LogP contribution in [0.1, 0.15) is 36.4 Å². The van der Waals surface area contributed by atoms with Crippen LogP contribution in [0.4, 0.5) is 0 Å². The van der Waals surface area contributed by atoms with Gasteiger partial charge in [-0.25, -0.2) is 0 Å². The topological polar surface area (TPSA) is 47.3 Å². The van der Waals surface area contributed by atoms with Crippen molar-refractivity contribution in [2.75, 3.05) is 13.2 Å². The van der Waals surface area contributed by atoms with Crippen LogP contribution in [0.3, 0.4) is 0 Å². The highest BCUT2D eigenvalue weighted by atomic mass is 16.5. The lowest BCUT2D eigenvalue weighted by Gasteiger charge is -2.23. The molecule has 3 N–H and O–H groups in total. The summed E-state index contributed by atoms with van der Waals surface area (Å²) in [6, 6.07) is 6.56. The Hall–Kier alpha value is -1.06. The van der Waals surface area contributed by atoms with Crippen LogP contribution in [0.25, 0.3) is 0 Å². The van der Waals surface area contributed by atoms with Crippen molar-refractivity contribution in [3.63, 3.8) is 0 Å². The van der Waals surface area contributed by atoms with Gasteiger partial charge >= 0.3 is 0 Å². The molecule has 1 aliphatic carbocycles. The third kappa shape index (κ3) is 2.61. The predicted octanol–water partition coefficient (Wildman–Crippen LogP) is 1.97. The van der Waals surface area contributed by atoms with Gasteiger partial charge in [0.05, 0.1) is 6.61 Å². The summed E-state index contributed by atoms with van der Waals surface area (Å²) in [5, 5.41) is 3.49. The Labute approximate surface area is 102 Å². The van der Waals surface area contributed by atoms with E-state index in [0.717, 1.165) is 43.3 Å². The van der Waals surface area contributed by atoms with Crippen molar-refractivity contribution < 1.29 is 4.74 Å². The normalized spacial score (nSPS) is 23.0. The van der Waals surface area contributed by atoms with Gasteiger partial charge in [0, 0.05) is 24.6 Å². The number of nitrogens with one attached hydrogen (secondary N) is 1. The quantitative estimate of drug-likeness (QED) is 0.834. The SMILES string of the molecule is NC1CCOc2cc(CNCC3CC3)ccc21. The van der Waals surface area contributed by atoms with Gasteiger partial charge in [-0.2, -0.15) is 0 Å². The Morgan fingerprint density at radius 3 is 3.00 bits per heavy atom. The first-order valence-corrected chi connectivity index (χ1v) is 6.55. The molecule has 0 amide bonds. The van der Waals surface area contributed by atoms with Crippen LogP contribution < -0.4 is 15.8 Å². The molecule has 1 aromatic carbocycles. The van der Waals surface area contributed by atoms with Gasteiger partial charge in [0.2, 0.25) is 0 Å². The summed E-state index contributed by atoms with van der Waals surface area (Å²) in [5.41, 5.74) is 8.49. The monoisotopic (exact) mass is 232 g/mol. The lowest BCUT2D eigenvalue weighted by Crippen LogP contribution is -2.21. The third-order valence-electron chi connectivity index (χ3n) is 3.62. The van der Waals surface area contributed by atoms with Gasteiger partial charge in [0.25, 0.3) is 0 Å². The van der Waals surface area contributed by atoms with Crippen LogP contribution >= 0.6 is 0 Å². The summed E-state index contributed by atoms with van der Waals surface area (Å²) in [7, 11) is 0. The maximum Gasteiger partial charge on any atom is 0.124 e. The minimum absolute atomic E-state index is 0.146. The van der Waals surface area contributed by atoms with Gasteiger partial charge in [-0.05, 0) is 36.9 Å². The average molecular weight is 232 g/mol. The van der Waals surface area contributed by atoms with Gasteiger partial charge < -0.3 is 15.8 Å². The Bertz CT molecular complexity index is 401. The molecule has 3 heteroatoms. The zero-order valence-corrected chi connectivity index (χ0v) is 10.1. The lowest BCUT2D eigenvalue weighted by molar-refractivity contribution is 0.268. The summed E-state index contributed by atoms with van der Waals surface area (Å²) in [6.07, 6.45) is 3.72. The maximum atomic E-state index is 6.05. The number of hydrogen-bond acceptors (Lipinski definition) is 3. The van der Waals surface area contributed by atoms with E-state index >= 15 is 0 Å². The standard InChI is InChI=1S/C14H20N2O/c15-13-5-6-17-14-7-11(3-4-12(13)14)9-16-8-10-1-2-10/h3-4,7,10,13,16H,1-2,5-6,8-9,15H2. The number of fused-ring (bicyclic) bond motifs is 1. The molecule has 0 saturated heterocycles. The lowest BCUT2D eigenvalue weighted by atomic mass is 10.00. The van der Waals surface area contributed by atoms with Crippen molar-refractivity contribution in [3.8, 4) is 5.75 Å². The molecule has 1 atom stereocenters. The van der Waals surface area contributed by atoms with E-state index in [1.807, 2.05) is 0 Å². The second-order valence-electron chi connectivity index (χ2n) is 5.19. The zero-order valence-electron chi connectivity index (χ0n) is 10.1. The van der Waals surface area contributed by atoms with Crippen LogP contribution in [-0.4, -0.2) is 13.2 Å². The van der Waals surface area contributed by atoms with E-state index in [9.17, 15) is 0 Å². The molecule has 1 heterocycles. The molecule has 1 fully saturated rings. The average Bonchev–Trinajstić information content (AvgIpc) is 3.13. The largest absolute Gasteiger partial charge is 0.493 e. The first-order valence-electron chi connectivity index (χ1n) is 6.55. The van der Waals surface area contributed by atoms with Crippen molar-refractivity contribution in [1.29, 1.82) is 0 Å². The summed E-state index contributed by atoms with van der Waals surface area (Å²) < 4.78 is 5.67. The molecule has 1 saturated carbocycles. The van der Waals surface area contributed by atoms with Crippen molar-refractivity contribution >= 4 is 0 Å². The van der Waals surface area contributed by atoms with Crippen LogP contribution in [-0.2, 0) is 6.54 Å². The minimum atomic E-state index is 0.146. The van der Waals surface area contributed by atoms with Crippen LogP contribution in [0, 0.1) is 5.92 Å². The molecule has 1 aliphatic heterocycles. The molecular weight excluding hydrogens is 212 g/mol. The second-order valence-corrected chi connectivity index (χ2v) is 5.19. The van der Waals surface area contributed by atoms with E-state index in [1.54, 1.807) is 0 Å². The predicted molar refractivity (Wildman–Crippen MR) is 67.9 cm³/mol. The van der Waals surface area contributed by atoms with Gasteiger partial charge in [0.15, 0.2) is 0 Å². The van der Waals surface area contributed by atoms with E-state index in [0.29, 0.717) is 0 Å². The molecule has 1 unspecified atom stereocenters. The van der Waals surface area contributed by atoms with E-state index in [-0.39, 0.29) is 6.04 Å². The van der Waals surface area contributed by atoms with E-state index in [1.165, 1.54) is 18.4 Å². The molecule has 1 aromatic rings. The Kier molecular flexibility index (Phi) is 3.04. The zero-order chi connectivity index (χ0) is 11.7. The summed E-state index contributed by atoms with van der Waals surface area (Å²) in [6.45, 7) is 2.83. The van der Waals surface area contributed by atoms with Gasteiger partial charge in [-0.3, -0.25) is 0 Å². The summed E-state index contributed by atoms with van der Waals surface area (Å²) in [5.74, 6) is 1.91. The highest BCUT2D eigenvalue weighted by Gasteiger charge is 2.21. The fourth-order valence-corrected chi connectivity index (χ4v) is 2.31. The van der Waals surface area contributed by atoms with Crippen LogP contribution in [0.15, 0.2) is 18.2 Å². The highest BCUT2D eigenvalue weighted by molar-refractivity contribution is 5.40. The van der Waals surface area contributed by atoms with Crippen molar-refractivity contribution in [2.45, 2.75) is 31.8 Å². The van der Waals surface area contributed by atoms with E-state index < -0.39 is 0 Å². The summed E-state index contributed by atoms with van der Waals surface area (Å²) in [4.78, 5) is 0. The first kappa shape index (κ1) is 11.1. The van der Waals surface area contributed by atoms with Gasteiger partial charge in [-0.15, -0.1) is 0 Å². The number of benzene rings is 1. The fourth-order valence-electron chi connectivity index (χ4n) is 2.31. The molecule has 0 aromatic heterocycles. The van der Waals surface area contributed by atoms with E-state index in [2.05, 4.69) is 23.5 Å². The maximum absolute atomic E-state index is 6.05. The van der Waals surface area contributed by atoms with Gasteiger partial charge in [0.1, 0.15) is 5.75 Å². The Balaban J connectivity index is 1.64. The van der Waals surface area contributed by atoms with Gasteiger partial charge in [-0.1, -0.05) is 12.1 Å². The molecule has 2 aliphatic rings. The molecule has 0 spiro atoms. The molecule has 0 radical (unpaired) electrons. The number of hydrogen-bond donors (Lipinski definition) is 2. The van der Waals surface area contributed by atoms with Crippen molar-refractivity contribution in [2.24, 2.45) is 11.7 Å². The third-order valence-corrected chi connectivity index (χ3v) is 3.62. The molecule has 0 bridgehead atoms. The minimum Gasteiger partial charge on any atom is -0.493 e. The Morgan fingerprint density at radius 2 is 2.18 bits per heavy atom. The molecule has 3 rings (SSSR count). The number of nitrogens with two attached hydrogens (primary N) is 1. The van der Waals surface area contributed by atoms with Crippen molar-refractivity contribution in [3.05, 3.63) is 29.3 Å². The fraction of sp³-hybridized carbons (Fsp3) is 0.571. The second kappa shape index (κ2) is 4.67. The summed E-state index contributed by atoms with van der Waals surface area (Å²) >= 11 is 0. The number of rotatable bonds is 4. The highest BCUT2D eigenvalue weighted by Crippen LogP contribution is 2.31. The molecule has 92 valence electrons. The molecule has 17 heavy (non-hydrogen) atoms.